The fourth-order valence-corrected chi connectivity index (χ4v) is 3.34. The molecule has 0 radical (unpaired) electrons. The normalized spacial score (nSPS) is 18.5. The van der Waals surface area contributed by atoms with Crippen LogP contribution in [0.1, 0.15) is 83.7 Å². The summed E-state index contributed by atoms with van der Waals surface area (Å²) in [5, 5.41) is 0. The van der Waals surface area contributed by atoms with E-state index in [1.165, 1.54) is 44.2 Å². The Morgan fingerprint density at radius 2 is 1.74 bits per heavy atom. The highest BCUT2D eigenvalue weighted by molar-refractivity contribution is 5.42. The summed E-state index contributed by atoms with van der Waals surface area (Å²) in [6.07, 6.45) is 8.87. The van der Waals surface area contributed by atoms with E-state index in [9.17, 15) is 0 Å². The molecule has 1 aliphatic carbocycles. The molecular weight excluding hydrogens is 234 g/mol. The van der Waals surface area contributed by atoms with Crippen LogP contribution in [0.4, 0.5) is 5.82 Å². The Labute approximate surface area is 117 Å². The van der Waals surface area contributed by atoms with Crippen molar-refractivity contribution >= 4 is 5.82 Å². The molecule has 0 aliphatic heterocycles. The summed E-state index contributed by atoms with van der Waals surface area (Å²) in [7, 11) is 0. The van der Waals surface area contributed by atoms with Crippen molar-refractivity contribution in [2.24, 2.45) is 0 Å². The maximum absolute atomic E-state index is 6.45. The molecule has 19 heavy (non-hydrogen) atoms. The van der Waals surface area contributed by atoms with Crippen LogP contribution < -0.4 is 5.73 Å². The summed E-state index contributed by atoms with van der Waals surface area (Å²) in [6, 6.07) is 0. The number of nitrogen functional groups attached to an aromatic ring is 1. The van der Waals surface area contributed by atoms with Crippen molar-refractivity contribution in [2.45, 2.75) is 84.1 Å². The van der Waals surface area contributed by atoms with E-state index >= 15 is 0 Å². The second kappa shape index (κ2) is 5.56. The third-order valence-electron chi connectivity index (χ3n) is 4.24. The van der Waals surface area contributed by atoms with Crippen molar-refractivity contribution in [1.82, 2.24) is 9.55 Å². The minimum absolute atomic E-state index is 0.0193. The predicted octanol–water partition coefficient (Wildman–Crippen LogP) is 4.22. The Bertz CT molecular complexity index is 418. The Balaban J connectivity index is 2.38. The standard InChI is InChI=1S/C16H29N3/c1-5-13-18-14(12-10-8-6-7-9-11-12)15(17)19(13)16(2,3)4/h12H,5-11,17H2,1-4H3. The highest BCUT2D eigenvalue weighted by atomic mass is 15.2. The van der Waals surface area contributed by atoms with Gasteiger partial charge in [-0.2, -0.15) is 0 Å². The van der Waals surface area contributed by atoms with Gasteiger partial charge in [-0.05, 0) is 33.6 Å². The molecule has 1 aromatic heterocycles. The number of hydrogen-bond acceptors (Lipinski definition) is 2. The van der Waals surface area contributed by atoms with Crippen molar-refractivity contribution in [3.63, 3.8) is 0 Å². The quantitative estimate of drug-likeness (QED) is 0.812. The maximum Gasteiger partial charge on any atom is 0.127 e. The molecule has 0 amide bonds. The zero-order valence-corrected chi connectivity index (χ0v) is 13.0. The van der Waals surface area contributed by atoms with Crippen LogP contribution in [0.2, 0.25) is 0 Å². The van der Waals surface area contributed by atoms with Gasteiger partial charge in [0.15, 0.2) is 0 Å². The van der Waals surface area contributed by atoms with E-state index in [1.54, 1.807) is 0 Å². The molecule has 0 saturated heterocycles. The summed E-state index contributed by atoms with van der Waals surface area (Å²) in [5.74, 6) is 2.64. The van der Waals surface area contributed by atoms with Gasteiger partial charge >= 0.3 is 0 Å². The number of aryl methyl sites for hydroxylation is 1. The van der Waals surface area contributed by atoms with Crippen LogP contribution in [-0.2, 0) is 12.0 Å². The molecule has 0 bridgehead atoms. The topological polar surface area (TPSA) is 43.8 Å². The molecular formula is C16H29N3. The van der Waals surface area contributed by atoms with Crippen molar-refractivity contribution in [1.29, 1.82) is 0 Å². The first-order chi connectivity index (χ1) is 8.95. The van der Waals surface area contributed by atoms with Gasteiger partial charge in [0.1, 0.15) is 11.6 Å². The zero-order chi connectivity index (χ0) is 14.0. The summed E-state index contributed by atoms with van der Waals surface area (Å²) in [6.45, 7) is 8.80. The molecule has 0 unspecified atom stereocenters. The fourth-order valence-electron chi connectivity index (χ4n) is 3.34. The minimum Gasteiger partial charge on any atom is -0.384 e. The number of hydrogen-bond donors (Lipinski definition) is 1. The lowest BCUT2D eigenvalue weighted by Gasteiger charge is -2.25. The lowest BCUT2D eigenvalue weighted by atomic mass is 9.96. The van der Waals surface area contributed by atoms with Gasteiger partial charge in [-0.25, -0.2) is 4.98 Å². The molecule has 0 spiro atoms. The largest absolute Gasteiger partial charge is 0.384 e. The van der Waals surface area contributed by atoms with Crippen LogP contribution >= 0.6 is 0 Å². The zero-order valence-electron chi connectivity index (χ0n) is 13.0. The highest BCUT2D eigenvalue weighted by Crippen LogP contribution is 2.36. The smallest absolute Gasteiger partial charge is 0.127 e. The molecule has 2 rings (SSSR count). The number of aromatic nitrogens is 2. The molecule has 1 saturated carbocycles. The van der Waals surface area contributed by atoms with Crippen LogP contribution in [0.5, 0.6) is 0 Å². The van der Waals surface area contributed by atoms with Crippen LogP contribution in [0.15, 0.2) is 0 Å². The second-order valence-corrected chi connectivity index (χ2v) is 6.85. The number of nitrogens with zero attached hydrogens (tertiary/aromatic N) is 2. The summed E-state index contributed by atoms with van der Waals surface area (Å²) in [5.41, 5.74) is 7.64. The van der Waals surface area contributed by atoms with Crippen LogP contribution in [-0.4, -0.2) is 9.55 Å². The van der Waals surface area contributed by atoms with E-state index in [2.05, 4.69) is 32.3 Å². The van der Waals surface area contributed by atoms with Crippen molar-refractivity contribution in [3.8, 4) is 0 Å². The molecule has 108 valence electrons. The van der Waals surface area contributed by atoms with Crippen LogP contribution in [0.3, 0.4) is 0 Å². The molecule has 0 atom stereocenters. The van der Waals surface area contributed by atoms with Crippen molar-refractivity contribution in [3.05, 3.63) is 11.5 Å². The van der Waals surface area contributed by atoms with Gasteiger partial charge in [-0.1, -0.05) is 32.6 Å². The van der Waals surface area contributed by atoms with Gasteiger partial charge in [0.05, 0.1) is 5.69 Å². The van der Waals surface area contributed by atoms with E-state index in [0.29, 0.717) is 5.92 Å². The van der Waals surface area contributed by atoms with Crippen LogP contribution in [0, 0.1) is 0 Å². The highest BCUT2D eigenvalue weighted by Gasteiger charge is 2.27. The average Bonchev–Trinajstić information content (AvgIpc) is 2.53. The summed E-state index contributed by atoms with van der Waals surface area (Å²) in [4.78, 5) is 4.90. The third kappa shape index (κ3) is 2.96. The fraction of sp³-hybridized carbons (Fsp3) is 0.812. The first-order valence-corrected chi connectivity index (χ1v) is 7.82. The molecule has 1 aliphatic rings. The van der Waals surface area contributed by atoms with E-state index < -0.39 is 0 Å². The molecule has 3 nitrogen and oxygen atoms in total. The average molecular weight is 263 g/mol. The Kier molecular flexibility index (Phi) is 4.22. The number of anilines is 1. The lowest BCUT2D eigenvalue weighted by molar-refractivity contribution is 0.389. The molecule has 1 heterocycles. The number of rotatable bonds is 2. The van der Waals surface area contributed by atoms with E-state index in [0.717, 1.165) is 18.1 Å². The molecule has 0 aromatic carbocycles. The molecule has 2 N–H and O–H groups in total. The number of imidazole rings is 1. The van der Waals surface area contributed by atoms with E-state index in [-0.39, 0.29) is 5.54 Å². The van der Waals surface area contributed by atoms with Crippen molar-refractivity contribution < 1.29 is 0 Å². The Morgan fingerprint density at radius 3 is 2.16 bits per heavy atom. The van der Waals surface area contributed by atoms with Crippen LogP contribution in [0.25, 0.3) is 0 Å². The second-order valence-electron chi connectivity index (χ2n) is 6.85. The molecule has 3 heteroatoms. The summed E-state index contributed by atoms with van der Waals surface area (Å²) < 4.78 is 2.24. The first kappa shape index (κ1) is 14.4. The van der Waals surface area contributed by atoms with Gasteiger partial charge in [0.2, 0.25) is 0 Å². The van der Waals surface area contributed by atoms with E-state index in [4.69, 9.17) is 10.7 Å². The summed E-state index contributed by atoms with van der Waals surface area (Å²) >= 11 is 0. The minimum atomic E-state index is 0.0193. The Hall–Kier alpha value is -0.990. The monoisotopic (exact) mass is 263 g/mol. The SMILES string of the molecule is CCc1nc(C2CCCCCC2)c(N)n1C(C)(C)C. The molecule has 1 aromatic rings. The van der Waals surface area contributed by atoms with Gasteiger partial charge in [0.25, 0.3) is 0 Å². The first-order valence-electron chi connectivity index (χ1n) is 7.82. The van der Waals surface area contributed by atoms with Gasteiger partial charge in [-0.3, -0.25) is 0 Å². The number of nitrogens with two attached hydrogens (primary N) is 1. The molecule has 1 fully saturated rings. The van der Waals surface area contributed by atoms with Gasteiger partial charge in [0, 0.05) is 17.9 Å². The van der Waals surface area contributed by atoms with Gasteiger partial charge < -0.3 is 10.3 Å². The Morgan fingerprint density at radius 1 is 1.16 bits per heavy atom. The predicted molar refractivity (Wildman–Crippen MR) is 81.5 cm³/mol. The lowest BCUT2D eigenvalue weighted by Crippen LogP contribution is -2.25. The van der Waals surface area contributed by atoms with Gasteiger partial charge in [-0.15, -0.1) is 0 Å². The maximum atomic E-state index is 6.45. The van der Waals surface area contributed by atoms with Crippen molar-refractivity contribution in [2.75, 3.05) is 5.73 Å². The third-order valence-corrected chi connectivity index (χ3v) is 4.24. The van der Waals surface area contributed by atoms with E-state index in [1.807, 2.05) is 0 Å².